The highest BCUT2D eigenvalue weighted by Crippen LogP contribution is 2.23. The number of aryl methyl sites for hydroxylation is 1. The summed E-state index contributed by atoms with van der Waals surface area (Å²) >= 11 is 0. The third-order valence-electron chi connectivity index (χ3n) is 3.28. The van der Waals surface area contributed by atoms with Crippen LogP contribution in [0.1, 0.15) is 49.0 Å². The number of aromatic nitrogens is 2. The number of carbonyl (C=O) groups excluding carboxylic acids is 2. The van der Waals surface area contributed by atoms with Gasteiger partial charge in [-0.05, 0) is 33.6 Å². The zero-order valence-corrected chi connectivity index (χ0v) is 12.0. The van der Waals surface area contributed by atoms with Crippen LogP contribution in [0.2, 0.25) is 0 Å². The van der Waals surface area contributed by atoms with Crippen LogP contribution in [-0.2, 0) is 9.53 Å². The van der Waals surface area contributed by atoms with Gasteiger partial charge in [0.05, 0.1) is 6.61 Å². The van der Waals surface area contributed by atoms with Gasteiger partial charge in [0.1, 0.15) is 17.7 Å². The Morgan fingerprint density at radius 3 is 2.75 bits per heavy atom. The first-order valence-corrected chi connectivity index (χ1v) is 6.77. The molecule has 1 heterocycles. The van der Waals surface area contributed by atoms with E-state index >= 15 is 0 Å². The third-order valence-corrected chi connectivity index (χ3v) is 3.28. The number of nitrogens with zero attached hydrogens (tertiary/aromatic N) is 2. The van der Waals surface area contributed by atoms with E-state index in [0.29, 0.717) is 5.82 Å². The van der Waals surface area contributed by atoms with Gasteiger partial charge in [-0.2, -0.15) is 0 Å². The standard InChI is InChI=1S/C13H20N4O3/c1-4-20-13(19)10-11(14)17(8(3)15-10)7(2)12(18)16-9-5-6-9/h7,9H,4-6,14H2,1-3H3,(H,16,18). The van der Waals surface area contributed by atoms with Crippen molar-refractivity contribution in [1.29, 1.82) is 0 Å². The summed E-state index contributed by atoms with van der Waals surface area (Å²) in [6, 6.07) is -0.231. The summed E-state index contributed by atoms with van der Waals surface area (Å²) in [5.41, 5.74) is 6.01. The summed E-state index contributed by atoms with van der Waals surface area (Å²) in [5, 5.41) is 2.91. The Labute approximate surface area is 117 Å². The average molecular weight is 280 g/mol. The normalized spacial score (nSPS) is 15.8. The van der Waals surface area contributed by atoms with Gasteiger partial charge in [0, 0.05) is 6.04 Å². The Morgan fingerprint density at radius 1 is 1.55 bits per heavy atom. The molecule has 7 nitrogen and oxygen atoms in total. The molecule has 1 aliphatic carbocycles. The Bertz CT molecular complexity index is 534. The summed E-state index contributed by atoms with van der Waals surface area (Å²) < 4.78 is 6.46. The molecule has 1 aliphatic rings. The minimum atomic E-state index is -0.568. The first-order chi connectivity index (χ1) is 9.45. The number of ether oxygens (including phenoxy) is 1. The number of rotatable bonds is 5. The summed E-state index contributed by atoms with van der Waals surface area (Å²) in [5.74, 6) is 0.000145. The smallest absolute Gasteiger partial charge is 0.360 e. The van der Waals surface area contributed by atoms with E-state index in [0.717, 1.165) is 12.8 Å². The summed E-state index contributed by atoms with van der Waals surface area (Å²) in [7, 11) is 0. The molecule has 1 aromatic rings. The lowest BCUT2D eigenvalue weighted by molar-refractivity contribution is -0.124. The van der Waals surface area contributed by atoms with Crippen molar-refractivity contribution in [1.82, 2.24) is 14.9 Å². The van der Waals surface area contributed by atoms with E-state index in [9.17, 15) is 9.59 Å². The predicted octanol–water partition coefficient (Wildman–Crippen LogP) is 0.790. The lowest BCUT2D eigenvalue weighted by Gasteiger charge is -2.16. The number of hydrogen-bond donors (Lipinski definition) is 2. The van der Waals surface area contributed by atoms with Gasteiger partial charge >= 0.3 is 5.97 Å². The molecule has 0 aromatic carbocycles. The maximum atomic E-state index is 12.1. The number of amides is 1. The van der Waals surface area contributed by atoms with Gasteiger partial charge in [-0.25, -0.2) is 9.78 Å². The second kappa shape index (κ2) is 5.52. The topological polar surface area (TPSA) is 99.2 Å². The molecule has 0 radical (unpaired) electrons. The summed E-state index contributed by atoms with van der Waals surface area (Å²) in [6.45, 7) is 5.41. The van der Waals surface area contributed by atoms with Crippen LogP contribution < -0.4 is 11.1 Å². The van der Waals surface area contributed by atoms with Crippen LogP contribution in [-0.4, -0.2) is 34.1 Å². The number of nitrogens with one attached hydrogen (secondary N) is 1. The van der Waals surface area contributed by atoms with Crippen LogP contribution in [0.15, 0.2) is 0 Å². The largest absolute Gasteiger partial charge is 0.461 e. The van der Waals surface area contributed by atoms with E-state index in [2.05, 4.69) is 10.3 Å². The van der Waals surface area contributed by atoms with Crippen molar-refractivity contribution in [3.63, 3.8) is 0 Å². The van der Waals surface area contributed by atoms with E-state index in [1.54, 1.807) is 25.3 Å². The van der Waals surface area contributed by atoms with Gasteiger partial charge in [-0.15, -0.1) is 0 Å². The molecule has 0 bridgehead atoms. The highest BCUT2D eigenvalue weighted by atomic mass is 16.5. The zero-order valence-electron chi connectivity index (χ0n) is 12.0. The molecule has 1 unspecified atom stereocenters. The molecular formula is C13H20N4O3. The number of carbonyl (C=O) groups is 2. The Morgan fingerprint density at radius 2 is 2.20 bits per heavy atom. The van der Waals surface area contributed by atoms with Gasteiger partial charge < -0.3 is 20.4 Å². The molecule has 20 heavy (non-hydrogen) atoms. The van der Waals surface area contributed by atoms with Crippen molar-refractivity contribution in [3.8, 4) is 0 Å². The number of nitrogens with two attached hydrogens (primary N) is 1. The second-order valence-corrected chi connectivity index (χ2v) is 4.94. The third kappa shape index (κ3) is 2.76. The highest BCUT2D eigenvalue weighted by molar-refractivity contribution is 5.93. The average Bonchev–Trinajstić information content (AvgIpc) is 3.14. The van der Waals surface area contributed by atoms with Crippen LogP contribution in [0.4, 0.5) is 5.82 Å². The van der Waals surface area contributed by atoms with E-state index in [-0.39, 0.29) is 30.1 Å². The van der Waals surface area contributed by atoms with Gasteiger partial charge in [0.25, 0.3) is 0 Å². The minimum Gasteiger partial charge on any atom is -0.461 e. The fraction of sp³-hybridized carbons (Fsp3) is 0.615. The predicted molar refractivity (Wildman–Crippen MR) is 73.2 cm³/mol. The lowest BCUT2D eigenvalue weighted by atomic mass is 10.3. The molecule has 7 heteroatoms. The molecule has 0 aliphatic heterocycles. The Kier molecular flexibility index (Phi) is 3.96. The maximum absolute atomic E-state index is 12.1. The SMILES string of the molecule is CCOC(=O)c1nc(C)n(C(C)C(=O)NC2CC2)c1N. The summed E-state index contributed by atoms with van der Waals surface area (Å²) in [4.78, 5) is 27.9. The molecule has 1 amide bonds. The molecule has 0 spiro atoms. The fourth-order valence-electron chi connectivity index (χ4n) is 2.07. The molecule has 1 saturated carbocycles. The van der Waals surface area contributed by atoms with Gasteiger partial charge in [-0.3, -0.25) is 4.79 Å². The molecular weight excluding hydrogens is 260 g/mol. The first-order valence-electron chi connectivity index (χ1n) is 6.77. The van der Waals surface area contributed by atoms with E-state index in [1.807, 2.05) is 0 Å². The van der Waals surface area contributed by atoms with Crippen molar-refractivity contribution < 1.29 is 14.3 Å². The number of anilines is 1. The van der Waals surface area contributed by atoms with Crippen molar-refractivity contribution in [2.24, 2.45) is 0 Å². The number of hydrogen-bond acceptors (Lipinski definition) is 5. The van der Waals surface area contributed by atoms with E-state index in [1.165, 1.54) is 0 Å². The van der Waals surface area contributed by atoms with E-state index in [4.69, 9.17) is 10.5 Å². The Hall–Kier alpha value is -2.05. The molecule has 1 atom stereocenters. The first kappa shape index (κ1) is 14.4. The van der Waals surface area contributed by atoms with Crippen molar-refractivity contribution in [2.75, 3.05) is 12.3 Å². The molecule has 0 saturated heterocycles. The van der Waals surface area contributed by atoms with Gasteiger partial charge in [0.15, 0.2) is 5.69 Å². The van der Waals surface area contributed by atoms with E-state index < -0.39 is 12.0 Å². The molecule has 3 N–H and O–H groups in total. The molecule has 2 rings (SSSR count). The van der Waals surface area contributed by atoms with Crippen LogP contribution in [0.5, 0.6) is 0 Å². The van der Waals surface area contributed by atoms with Crippen LogP contribution in [0.3, 0.4) is 0 Å². The van der Waals surface area contributed by atoms with Crippen molar-refractivity contribution in [3.05, 3.63) is 11.5 Å². The lowest BCUT2D eigenvalue weighted by Crippen LogP contribution is -2.33. The van der Waals surface area contributed by atoms with Gasteiger partial charge in [0.2, 0.25) is 5.91 Å². The second-order valence-electron chi connectivity index (χ2n) is 4.94. The number of imidazole rings is 1. The number of esters is 1. The van der Waals surface area contributed by atoms with Gasteiger partial charge in [-0.1, -0.05) is 0 Å². The maximum Gasteiger partial charge on any atom is 0.360 e. The Balaban J connectivity index is 2.22. The highest BCUT2D eigenvalue weighted by Gasteiger charge is 2.29. The van der Waals surface area contributed by atoms with Crippen LogP contribution in [0.25, 0.3) is 0 Å². The molecule has 1 aromatic heterocycles. The summed E-state index contributed by atoms with van der Waals surface area (Å²) in [6.07, 6.45) is 2.04. The van der Waals surface area contributed by atoms with Crippen LogP contribution >= 0.6 is 0 Å². The zero-order chi connectivity index (χ0) is 14.9. The van der Waals surface area contributed by atoms with Crippen LogP contribution in [0, 0.1) is 6.92 Å². The number of nitrogen functional groups attached to an aromatic ring is 1. The molecule has 1 fully saturated rings. The minimum absolute atomic E-state index is 0.0652. The van der Waals surface area contributed by atoms with Crippen molar-refractivity contribution >= 4 is 17.7 Å². The quantitative estimate of drug-likeness (QED) is 0.777. The monoisotopic (exact) mass is 280 g/mol. The fourth-order valence-corrected chi connectivity index (χ4v) is 2.07. The molecule has 110 valence electrons. The van der Waals surface area contributed by atoms with Crippen molar-refractivity contribution in [2.45, 2.75) is 45.7 Å².